The molecule has 0 spiro atoms. The van der Waals surface area contributed by atoms with Gasteiger partial charge in [0.05, 0.1) is 11.6 Å². The molecule has 2 N–H and O–H groups in total. The molecule has 0 amide bonds. The molecule has 0 aliphatic rings. The SMILES string of the molecule is CCC(N)c1nc2c(F)cccc2n1C. The highest BCUT2D eigenvalue weighted by Crippen LogP contribution is 2.21. The lowest BCUT2D eigenvalue weighted by Gasteiger charge is -2.07. The zero-order chi connectivity index (χ0) is 11.0. The van der Waals surface area contributed by atoms with E-state index in [-0.39, 0.29) is 11.9 Å². The highest BCUT2D eigenvalue weighted by molar-refractivity contribution is 5.76. The molecule has 0 aliphatic heterocycles. The summed E-state index contributed by atoms with van der Waals surface area (Å²) in [6.07, 6.45) is 0.790. The van der Waals surface area contributed by atoms with E-state index in [4.69, 9.17) is 5.73 Å². The van der Waals surface area contributed by atoms with Crippen LogP contribution in [0.5, 0.6) is 0 Å². The summed E-state index contributed by atoms with van der Waals surface area (Å²) >= 11 is 0. The zero-order valence-corrected chi connectivity index (χ0v) is 8.87. The number of nitrogens with zero attached hydrogens (tertiary/aromatic N) is 2. The van der Waals surface area contributed by atoms with Gasteiger partial charge in [0.15, 0.2) is 5.82 Å². The Morgan fingerprint density at radius 1 is 1.53 bits per heavy atom. The fraction of sp³-hybridized carbons (Fsp3) is 0.364. The fourth-order valence-electron chi connectivity index (χ4n) is 1.71. The lowest BCUT2D eigenvalue weighted by Crippen LogP contribution is -2.14. The summed E-state index contributed by atoms with van der Waals surface area (Å²) in [5, 5.41) is 0. The summed E-state index contributed by atoms with van der Waals surface area (Å²) in [6, 6.07) is 4.80. The monoisotopic (exact) mass is 207 g/mol. The van der Waals surface area contributed by atoms with Crippen molar-refractivity contribution < 1.29 is 4.39 Å². The normalized spacial score (nSPS) is 13.3. The van der Waals surface area contributed by atoms with Crippen LogP contribution in [0, 0.1) is 5.82 Å². The standard InChI is InChI=1S/C11H14FN3/c1-3-8(13)11-14-10-7(12)5-4-6-9(10)15(11)2/h4-6,8H,3,13H2,1-2H3. The number of halogens is 1. The number of rotatable bonds is 2. The average molecular weight is 207 g/mol. The Kier molecular flexibility index (Phi) is 2.44. The fourth-order valence-corrected chi connectivity index (χ4v) is 1.71. The molecule has 0 radical (unpaired) electrons. The van der Waals surface area contributed by atoms with Gasteiger partial charge in [0.25, 0.3) is 0 Å². The first kappa shape index (κ1) is 10.1. The summed E-state index contributed by atoms with van der Waals surface area (Å²) in [5.41, 5.74) is 7.09. The van der Waals surface area contributed by atoms with Crippen LogP contribution in [0.4, 0.5) is 4.39 Å². The maximum atomic E-state index is 13.4. The Morgan fingerprint density at radius 2 is 2.27 bits per heavy atom. The zero-order valence-electron chi connectivity index (χ0n) is 8.87. The number of nitrogens with two attached hydrogens (primary N) is 1. The number of benzene rings is 1. The molecule has 0 aliphatic carbocycles. The summed E-state index contributed by atoms with van der Waals surface area (Å²) in [6.45, 7) is 1.99. The van der Waals surface area contributed by atoms with Crippen LogP contribution < -0.4 is 5.73 Å². The molecule has 0 saturated carbocycles. The first-order valence-corrected chi connectivity index (χ1v) is 5.01. The third-order valence-corrected chi connectivity index (χ3v) is 2.67. The maximum absolute atomic E-state index is 13.4. The van der Waals surface area contributed by atoms with Crippen LogP contribution in [-0.4, -0.2) is 9.55 Å². The van der Waals surface area contributed by atoms with Gasteiger partial charge in [0.1, 0.15) is 11.3 Å². The van der Waals surface area contributed by atoms with E-state index in [0.29, 0.717) is 5.52 Å². The van der Waals surface area contributed by atoms with Crippen LogP contribution in [0.1, 0.15) is 25.2 Å². The highest BCUT2D eigenvalue weighted by Gasteiger charge is 2.14. The molecule has 1 aromatic carbocycles. The van der Waals surface area contributed by atoms with Gasteiger partial charge in [-0.1, -0.05) is 13.0 Å². The molecular formula is C11H14FN3. The molecule has 1 aromatic heterocycles. The summed E-state index contributed by atoms with van der Waals surface area (Å²) in [5.74, 6) is 0.440. The van der Waals surface area contributed by atoms with Gasteiger partial charge < -0.3 is 10.3 Å². The van der Waals surface area contributed by atoms with Crippen LogP contribution in [0.3, 0.4) is 0 Å². The van der Waals surface area contributed by atoms with Gasteiger partial charge in [-0.25, -0.2) is 9.37 Å². The van der Waals surface area contributed by atoms with Crippen molar-refractivity contribution in [2.24, 2.45) is 12.8 Å². The quantitative estimate of drug-likeness (QED) is 0.819. The molecule has 0 fully saturated rings. The minimum Gasteiger partial charge on any atom is -0.330 e. The summed E-state index contributed by atoms with van der Waals surface area (Å²) in [4.78, 5) is 4.25. The number of hydrogen-bond donors (Lipinski definition) is 1. The van der Waals surface area contributed by atoms with E-state index in [1.807, 2.05) is 24.6 Å². The van der Waals surface area contributed by atoms with Gasteiger partial charge >= 0.3 is 0 Å². The molecule has 15 heavy (non-hydrogen) atoms. The van der Waals surface area contributed by atoms with Crippen LogP contribution in [0.25, 0.3) is 11.0 Å². The van der Waals surface area contributed by atoms with Crippen molar-refractivity contribution in [2.45, 2.75) is 19.4 Å². The van der Waals surface area contributed by atoms with Crippen LogP contribution >= 0.6 is 0 Å². The molecular weight excluding hydrogens is 193 g/mol. The van der Waals surface area contributed by atoms with E-state index in [1.54, 1.807) is 6.07 Å². The van der Waals surface area contributed by atoms with E-state index < -0.39 is 0 Å². The van der Waals surface area contributed by atoms with Gasteiger partial charge in [-0.05, 0) is 18.6 Å². The van der Waals surface area contributed by atoms with E-state index in [9.17, 15) is 4.39 Å². The topological polar surface area (TPSA) is 43.8 Å². The van der Waals surface area contributed by atoms with Gasteiger partial charge in [0.2, 0.25) is 0 Å². The molecule has 2 aromatic rings. The molecule has 2 rings (SSSR count). The van der Waals surface area contributed by atoms with E-state index in [0.717, 1.165) is 17.8 Å². The van der Waals surface area contributed by atoms with Crippen LogP contribution in [0.2, 0.25) is 0 Å². The second kappa shape index (κ2) is 3.62. The van der Waals surface area contributed by atoms with Crippen LogP contribution in [-0.2, 0) is 7.05 Å². The molecule has 0 saturated heterocycles. The smallest absolute Gasteiger partial charge is 0.151 e. The first-order chi connectivity index (χ1) is 7.15. The Balaban J connectivity index is 2.69. The lowest BCUT2D eigenvalue weighted by molar-refractivity contribution is 0.619. The van der Waals surface area contributed by atoms with Crippen molar-refractivity contribution in [1.82, 2.24) is 9.55 Å². The molecule has 1 heterocycles. The lowest BCUT2D eigenvalue weighted by atomic mass is 10.2. The second-order valence-electron chi connectivity index (χ2n) is 3.65. The minimum absolute atomic E-state index is 0.137. The number of hydrogen-bond acceptors (Lipinski definition) is 2. The van der Waals surface area contributed by atoms with Gasteiger partial charge in [-0.15, -0.1) is 0 Å². The molecule has 3 nitrogen and oxygen atoms in total. The third kappa shape index (κ3) is 1.51. The second-order valence-corrected chi connectivity index (χ2v) is 3.65. The number of aryl methyl sites for hydroxylation is 1. The molecule has 1 unspecified atom stereocenters. The Hall–Kier alpha value is -1.42. The third-order valence-electron chi connectivity index (χ3n) is 2.67. The Morgan fingerprint density at radius 3 is 2.87 bits per heavy atom. The maximum Gasteiger partial charge on any atom is 0.151 e. The van der Waals surface area contributed by atoms with E-state index in [1.165, 1.54) is 6.07 Å². The average Bonchev–Trinajstić information content (AvgIpc) is 2.57. The summed E-state index contributed by atoms with van der Waals surface area (Å²) in [7, 11) is 1.86. The highest BCUT2D eigenvalue weighted by atomic mass is 19.1. The van der Waals surface area contributed by atoms with Crippen molar-refractivity contribution in [3.05, 3.63) is 29.8 Å². The molecule has 0 bridgehead atoms. The largest absolute Gasteiger partial charge is 0.330 e. The minimum atomic E-state index is -0.294. The van der Waals surface area contributed by atoms with E-state index >= 15 is 0 Å². The number of para-hydroxylation sites is 1. The summed E-state index contributed by atoms with van der Waals surface area (Å²) < 4.78 is 15.3. The van der Waals surface area contributed by atoms with Gasteiger partial charge in [0, 0.05) is 7.05 Å². The van der Waals surface area contributed by atoms with Crippen molar-refractivity contribution in [3.8, 4) is 0 Å². The molecule has 4 heteroatoms. The van der Waals surface area contributed by atoms with Crippen molar-refractivity contribution >= 4 is 11.0 Å². The molecule has 1 atom stereocenters. The van der Waals surface area contributed by atoms with E-state index in [2.05, 4.69) is 4.98 Å². The van der Waals surface area contributed by atoms with Crippen molar-refractivity contribution in [3.63, 3.8) is 0 Å². The number of fused-ring (bicyclic) bond motifs is 1. The predicted octanol–water partition coefficient (Wildman–Crippen LogP) is 2.12. The Bertz CT molecular complexity index is 490. The van der Waals surface area contributed by atoms with Crippen molar-refractivity contribution in [2.75, 3.05) is 0 Å². The van der Waals surface area contributed by atoms with Crippen LogP contribution in [0.15, 0.2) is 18.2 Å². The van der Waals surface area contributed by atoms with Crippen molar-refractivity contribution in [1.29, 1.82) is 0 Å². The Labute approximate surface area is 87.7 Å². The number of imidazole rings is 1. The van der Waals surface area contributed by atoms with Gasteiger partial charge in [-0.3, -0.25) is 0 Å². The first-order valence-electron chi connectivity index (χ1n) is 5.01. The van der Waals surface area contributed by atoms with Gasteiger partial charge in [-0.2, -0.15) is 0 Å². The number of aromatic nitrogens is 2. The predicted molar refractivity (Wildman–Crippen MR) is 57.9 cm³/mol. The molecule has 80 valence electrons.